The molecule has 0 bridgehead atoms. The van der Waals surface area contributed by atoms with Crippen molar-refractivity contribution in [1.82, 2.24) is 18.3 Å². The molecular weight excluding hydrogens is 497 g/mol. The number of alkyl halides is 3. The molecule has 0 unspecified atom stereocenters. The second-order valence-electron chi connectivity index (χ2n) is 8.25. The molecule has 2 aromatic carbocycles. The van der Waals surface area contributed by atoms with Crippen LogP contribution < -0.4 is 21.7 Å². The van der Waals surface area contributed by atoms with Gasteiger partial charge in [-0.25, -0.2) is 14.4 Å². The maximum Gasteiger partial charge on any atom is 0.511 e. The number of ether oxygens (including phenoxy) is 1. The van der Waals surface area contributed by atoms with Gasteiger partial charge in [-0.2, -0.15) is 13.2 Å². The van der Waals surface area contributed by atoms with E-state index in [4.69, 9.17) is 5.11 Å². The predicted molar refractivity (Wildman–Crippen MR) is 127 cm³/mol. The molecule has 13 heteroatoms. The smallest absolute Gasteiger partial charge is 0.449 e. The van der Waals surface area contributed by atoms with Crippen molar-refractivity contribution in [2.45, 2.75) is 33.1 Å². The zero-order chi connectivity index (χ0) is 27.2. The van der Waals surface area contributed by atoms with Crippen LogP contribution in [-0.4, -0.2) is 29.5 Å². The molecule has 10 nitrogen and oxygen atoms in total. The molecule has 0 atom stereocenters. The number of benzene rings is 2. The van der Waals surface area contributed by atoms with E-state index in [1.807, 2.05) is 0 Å². The largest absolute Gasteiger partial charge is 0.511 e. The molecular formula is C24H21F3N4O6. The minimum absolute atomic E-state index is 0.0337. The van der Waals surface area contributed by atoms with Gasteiger partial charge in [0.25, 0.3) is 5.56 Å². The summed E-state index contributed by atoms with van der Waals surface area (Å²) in [5.74, 6) is -0.724. The SMILES string of the molecule is CCn1c(=O)n(C)c2ccc(-n3cc(OC(=O)O)c(=O)n(Cc4cccc(C(F)(F)F)c4C)c3=O)cc21. The van der Waals surface area contributed by atoms with Crippen LogP contribution in [0.3, 0.4) is 0 Å². The summed E-state index contributed by atoms with van der Waals surface area (Å²) in [6.07, 6.45) is -5.57. The highest BCUT2D eigenvalue weighted by Crippen LogP contribution is 2.33. The fourth-order valence-corrected chi connectivity index (χ4v) is 4.25. The van der Waals surface area contributed by atoms with Crippen molar-refractivity contribution in [1.29, 1.82) is 0 Å². The van der Waals surface area contributed by atoms with Crippen LogP contribution in [0.5, 0.6) is 5.75 Å². The van der Waals surface area contributed by atoms with Crippen LogP contribution in [0.2, 0.25) is 0 Å². The summed E-state index contributed by atoms with van der Waals surface area (Å²) in [7, 11) is 1.58. The van der Waals surface area contributed by atoms with Crippen molar-refractivity contribution in [3.63, 3.8) is 0 Å². The van der Waals surface area contributed by atoms with Crippen LogP contribution >= 0.6 is 0 Å². The van der Waals surface area contributed by atoms with Gasteiger partial charge in [-0.15, -0.1) is 0 Å². The summed E-state index contributed by atoms with van der Waals surface area (Å²) in [4.78, 5) is 50.1. The molecule has 0 saturated carbocycles. The second kappa shape index (κ2) is 9.15. The number of aryl methyl sites for hydroxylation is 2. The quantitative estimate of drug-likeness (QED) is 0.406. The highest BCUT2D eigenvalue weighted by molar-refractivity contribution is 5.78. The fraction of sp³-hybridized carbons (Fsp3) is 0.250. The summed E-state index contributed by atoms with van der Waals surface area (Å²) >= 11 is 0. The number of carboxylic acid groups (broad SMARTS) is 1. The number of fused-ring (bicyclic) bond motifs is 1. The first-order valence-corrected chi connectivity index (χ1v) is 11.0. The molecule has 0 spiro atoms. The van der Waals surface area contributed by atoms with Gasteiger partial charge in [0.15, 0.2) is 0 Å². The third-order valence-corrected chi connectivity index (χ3v) is 6.14. The summed E-state index contributed by atoms with van der Waals surface area (Å²) in [6, 6.07) is 7.94. The summed E-state index contributed by atoms with van der Waals surface area (Å²) in [6.45, 7) is 2.73. The average Bonchev–Trinajstić information content (AvgIpc) is 3.07. The first kappa shape index (κ1) is 25.5. The molecule has 0 aliphatic carbocycles. The molecule has 2 heterocycles. The predicted octanol–water partition coefficient (Wildman–Crippen LogP) is 3.10. The average molecular weight is 518 g/mol. The van der Waals surface area contributed by atoms with E-state index in [1.54, 1.807) is 20.0 Å². The maximum atomic E-state index is 13.4. The Bertz CT molecular complexity index is 1730. The Kier molecular flexibility index (Phi) is 6.32. The highest BCUT2D eigenvalue weighted by Gasteiger charge is 2.33. The topological polar surface area (TPSA) is 117 Å². The number of aromatic nitrogens is 4. The number of halogens is 3. The standard InChI is InChI=1S/C24H21F3N4O6/c1-4-29-18-10-15(8-9-17(18)28(3)21(29)33)30-12-19(37-23(35)36)20(32)31(22(30)34)11-14-6-5-7-16(13(14)2)24(25,26)27/h5-10,12H,4,11H2,1-3H3,(H,35,36). The molecule has 4 rings (SSSR count). The molecule has 0 aliphatic heterocycles. The van der Waals surface area contributed by atoms with Crippen LogP contribution in [0.1, 0.15) is 23.6 Å². The zero-order valence-corrected chi connectivity index (χ0v) is 19.9. The van der Waals surface area contributed by atoms with Crippen molar-refractivity contribution in [2.24, 2.45) is 7.05 Å². The summed E-state index contributed by atoms with van der Waals surface area (Å²) < 4.78 is 49.2. The van der Waals surface area contributed by atoms with Gasteiger partial charge in [-0.05, 0) is 49.2 Å². The van der Waals surface area contributed by atoms with Crippen molar-refractivity contribution in [3.8, 4) is 11.4 Å². The van der Waals surface area contributed by atoms with Crippen molar-refractivity contribution in [2.75, 3.05) is 0 Å². The zero-order valence-electron chi connectivity index (χ0n) is 19.9. The van der Waals surface area contributed by atoms with Gasteiger partial charge in [-0.1, -0.05) is 12.1 Å². The monoisotopic (exact) mass is 518 g/mol. The Morgan fingerprint density at radius 2 is 1.73 bits per heavy atom. The van der Waals surface area contributed by atoms with E-state index in [0.29, 0.717) is 22.1 Å². The van der Waals surface area contributed by atoms with Crippen LogP contribution in [0, 0.1) is 6.92 Å². The Morgan fingerprint density at radius 3 is 2.35 bits per heavy atom. The molecule has 1 N–H and O–H groups in total. The lowest BCUT2D eigenvalue weighted by atomic mass is 10.0. The Labute approximate surface area is 206 Å². The molecule has 0 amide bonds. The Morgan fingerprint density at radius 1 is 1.03 bits per heavy atom. The van der Waals surface area contributed by atoms with Crippen molar-refractivity contribution in [3.05, 3.63) is 90.6 Å². The van der Waals surface area contributed by atoms with Crippen LogP contribution in [0.25, 0.3) is 16.7 Å². The second-order valence-corrected chi connectivity index (χ2v) is 8.25. The number of hydrogen-bond acceptors (Lipinski definition) is 5. The number of hydrogen-bond donors (Lipinski definition) is 1. The number of carbonyl (C=O) groups is 1. The van der Waals surface area contributed by atoms with Crippen molar-refractivity contribution < 1.29 is 27.8 Å². The lowest BCUT2D eigenvalue weighted by molar-refractivity contribution is -0.138. The van der Waals surface area contributed by atoms with E-state index >= 15 is 0 Å². The Hall–Kier alpha value is -4.55. The fourth-order valence-electron chi connectivity index (χ4n) is 4.25. The van der Waals surface area contributed by atoms with E-state index < -0.39 is 41.4 Å². The van der Waals surface area contributed by atoms with Gasteiger partial charge < -0.3 is 9.84 Å². The molecule has 0 saturated heterocycles. The van der Waals surface area contributed by atoms with Gasteiger partial charge in [0, 0.05) is 13.6 Å². The third kappa shape index (κ3) is 4.43. The summed E-state index contributed by atoms with van der Waals surface area (Å²) in [5, 5.41) is 9.09. The van der Waals surface area contributed by atoms with Crippen molar-refractivity contribution >= 4 is 17.2 Å². The third-order valence-electron chi connectivity index (χ3n) is 6.14. The van der Waals surface area contributed by atoms with Crippen LogP contribution in [0.15, 0.2) is 57.0 Å². The lowest BCUT2D eigenvalue weighted by Gasteiger charge is -2.16. The molecule has 4 aromatic rings. The molecule has 0 radical (unpaired) electrons. The maximum absolute atomic E-state index is 13.4. The van der Waals surface area contributed by atoms with Gasteiger partial charge in [-0.3, -0.25) is 23.1 Å². The van der Waals surface area contributed by atoms with E-state index in [1.165, 1.54) is 34.3 Å². The minimum Gasteiger partial charge on any atom is -0.449 e. The number of rotatable bonds is 5. The van der Waals surface area contributed by atoms with E-state index in [9.17, 15) is 32.3 Å². The van der Waals surface area contributed by atoms with E-state index in [2.05, 4.69) is 4.74 Å². The molecule has 37 heavy (non-hydrogen) atoms. The first-order chi connectivity index (χ1) is 17.3. The van der Waals surface area contributed by atoms with Gasteiger partial charge in [0.05, 0.1) is 35.0 Å². The van der Waals surface area contributed by atoms with Crippen LogP contribution in [-0.2, 0) is 26.3 Å². The van der Waals surface area contributed by atoms with Gasteiger partial charge in [0.1, 0.15) is 0 Å². The molecule has 0 fully saturated rings. The van der Waals surface area contributed by atoms with E-state index in [0.717, 1.165) is 22.9 Å². The molecule has 0 aliphatic rings. The number of imidazole rings is 1. The Balaban J connectivity index is 1.96. The summed E-state index contributed by atoms with van der Waals surface area (Å²) in [5.41, 5.74) is -2.22. The van der Waals surface area contributed by atoms with Gasteiger partial charge >= 0.3 is 23.7 Å². The highest BCUT2D eigenvalue weighted by atomic mass is 19.4. The first-order valence-electron chi connectivity index (χ1n) is 11.0. The molecule has 194 valence electrons. The lowest BCUT2D eigenvalue weighted by Crippen LogP contribution is -2.40. The molecule has 2 aromatic heterocycles. The number of nitrogens with zero attached hydrogens (tertiary/aromatic N) is 4. The van der Waals surface area contributed by atoms with Crippen LogP contribution in [0.4, 0.5) is 18.0 Å². The van der Waals surface area contributed by atoms with E-state index in [-0.39, 0.29) is 22.5 Å². The normalized spacial score (nSPS) is 11.7. The minimum atomic E-state index is -4.65. The van der Waals surface area contributed by atoms with Gasteiger partial charge in [0.2, 0.25) is 5.75 Å².